The fraction of sp³-hybridized carbons (Fsp3) is 0.400. The minimum atomic E-state index is -0.520. The number of hydrogen-bond donors (Lipinski definition) is 0. The van der Waals surface area contributed by atoms with Crippen molar-refractivity contribution in [2.45, 2.75) is 51.4 Å². The van der Waals surface area contributed by atoms with Crippen LogP contribution >= 0.6 is 11.6 Å². The average Bonchev–Trinajstić information content (AvgIpc) is 3.00. The summed E-state index contributed by atoms with van der Waals surface area (Å²) < 4.78 is 10.8. The van der Waals surface area contributed by atoms with Gasteiger partial charge in [0.05, 0.1) is 12.6 Å². The highest BCUT2D eigenvalue weighted by atomic mass is 35.5. The van der Waals surface area contributed by atoms with Gasteiger partial charge >= 0.3 is 6.09 Å². The fourth-order valence-corrected chi connectivity index (χ4v) is 4.55. The minimum absolute atomic E-state index is 0.307. The molecule has 164 valence electrons. The van der Waals surface area contributed by atoms with E-state index in [1.807, 2.05) is 45.2 Å². The molecule has 0 bridgehead atoms. The summed E-state index contributed by atoms with van der Waals surface area (Å²) >= 11 is 6.38. The minimum Gasteiger partial charge on any atom is -0.497 e. The molecule has 2 aliphatic rings. The van der Waals surface area contributed by atoms with Crippen LogP contribution in [0.5, 0.6) is 5.75 Å². The Hall–Kier alpha value is -2.50. The average molecular weight is 441 g/mol. The maximum Gasteiger partial charge on any atom is 0.414 e. The number of nitrogens with zero attached hydrogens (tertiary/aromatic N) is 2. The molecule has 0 fully saturated rings. The lowest BCUT2D eigenvalue weighted by Crippen LogP contribution is -2.46. The third-order valence-electron chi connectivity index (χ3n) is 5.89. The molecule has 1 unspecified atom stereocenters. The second-order valence-electron chi connectivity index (χ2n) is 9.17. The molecule has 31 heavy (non-hydrogen) atoms. The largest absolute Gasteiger partial charge is 0.497 e. The van der Waals surface area contributed by atoms with Crippen LogP contribution in [0.4, 0.5) is 4.79 Å². The van der Waals surface area contributed by atoms with Crippen LogP contribution in [-0.2, 0) is 23.4 Å². The van der Waals surface area contributed by atoms with E-state index in [-0.39, 0.29) is 11.6 Å². The van der Waals surface area contributed by atoms with Crippen molar-refractivity contribution < 1.29 is 14.3 Å². The Morgan fingerprint density at radius 3 is 2.52 bits per heavy atom. The fourth-order valence-electron chi connectivity index (χ4n) is 4.38. The molecule has 1 amide bonds. The number of rotatable bonds is 3. The van der Waals surface area contributed by atoms with Crippen LogP contribution in [0.3, 0.4) is 0 Å². The SMILES string of the molecule is COc1ccc(CN2Cc3ccc(Cl)cc3C23C=CN(C(=O)OC(C)(C)C)CC3)cc1. The third-order valence-corrected chi connectivity index (χ3v) is 6.12. The Morgan fingerprint density at radius 1 is 1.16 bits per heavy atom. The molecule has 0 N–H and O–H groups in total. The summed E-state index contributed by atoms with van der Waals surface area (Å²) in [6, 6.07) is 14.3. The molecule has 2 aromatic rings. The molecule has 4 rings (SSSR count). The Bertz CT molecular complexity index is 997. The van der Waals surface area contributed by atoms with Gasteiger partial charge in [0.2, 0.25) is 0 Å². The summed E-state index contributed by atoms with van der Waals surface area (Å²) in [4.78, 5) is 16.7. The van der Waals surface area contributed by atoms with Gasteiger partial charge in [-0.1, -0.05) is 29.8 Å². The van der Waals surface area contributed by atoms with Crippen LogP contribution in [0, 0.1) is 0 Å². The third kappa shape index (κ3) is 4.43. The van der Waals surface area contributed by atoms with Gasteiger partial charge in [-0.15, -0.1) is 0 Å². The Balaban J connectivity index is 1.64. The molecule has 2 heterocycles. The summed E-state index contributed by atoms with van der Waals surface area (Å²) in [6.45, 7) is 7.84. The first-order chi connectivity index (χ1) is 14.7. The van der Waals surface area contributed by atoms with E-state index in [9.17, 15) is 4.79 Å². The van der Waals surface area contributed by atoms with Crippen LogP contribution in [-0.4, -0.2) is 35.1 Å². The van der Waals surface area contributed by atoms with Crippen molar-refractivity contribution in [3.05, 3.63) is 76.5 Å². The van der Waals surface area contributed by atoms with Gasteiger partial charge in [-0.3, -0.25) is 9.80 Å². The van der Waals surface area contributed by atoms with Gasteiger partial charge in [0.25, 0.3) is 0 Å². The quantitative estimate of drug-likeness (QED) is 0.612. The molecule has 5 nitrogen and oxygen atoms in total. The Labute approximate surface area is 189 Å². The van der Waals surface area contributed by atoms with Gasteiger partial charge in [0.1, 0.15) is 11.4 Å². The molecule has 2 aromatic carbocycles. The zero-order valence-electron chi connectivity index (χ0n) is 18.5. The number of hydrogen-bond acceptors (Lipinski definition) is 4. The van der Waals surface area contributed by atoms with E-state index < -0.39 is 5.60 Å². The number of methoxy groups -OCH3 is 1. The highest BCUT2D eigenvalue weighted by molar-refractivity contribution is 6.30. The van der Waals surface area contributed by atoms with Crippen molar-refractivity contribution in [2.75, 3.05) is 13.7 Å². The van der Waals surface area contributed by atoms with Gasteiger partial charge < -0.3 is 9.47 Å². The second-order valence-corrected chi connectivity index (χ2v) is 9.61. The molecule has 1 spiro atoms. The molecule has 1 atom stereocenters. The Kier molecular flexibility index (Phi) is 5.75. The summed E-state index contributed by atoms with van der Waals surface area (Å²) in [5, 5.41) is 0.729. The van der Waals surface area contributed by atoms with E-state index in [1.54, 1.807) is 12.0 Å². The number of fused-ring (bicyclic) bond motifs is 2. The van der Waals surface area contributed by atoms with Crippen molar-refractivity contribution >= 4 is 17.7 Å². The smallest absolute Gasteiger partial charge is 0.414 e. The van der Waals surface area contributed by atoms with Gasteiger partial charge in [-0.05, 0) is 74.2 Å². The maximum absolute atomic E-state index is 12.6. The monoisotopic (exact) mass is 440 g/mol. The number of carbonyl (C=O) groups excluding carboxylic acids is 1. The molecule has 2 aliphatic heterocycles. The molecule has 0 saturated heterocycles. The number of carbonyl (C=O) groups is 1. The van der Waals surface area contributed by atoms with Crippen LogP contribution in [0.25, 0.3) is 0 Å². The molecule has 0 radical (unpaired) electrons. The van der Waals surface area contributed by atoms with Crippen LogP contribution in [0.15, 0.2) is 54.7 Å². The van der Waals surface area contributed by atoms with Crippen molar-refractivity contribution in [1.82, 2.24) is 9.80 Å². The van der Waals surface area contributed by atoms with Crippen molar-refractivity contribution in [1.29, 1.82) is 0 Å². The number of halogens is 1. The number of benzene rings is 2. The summed E-state index contributed by atoms with van der Waals surface area (Å²) in [7, 11) is 1.67. The number of ether oxygens (including phenoxy) is 2. The highest BCUT2D eigenvalue weighted by Crippen LogP contribution is 2.46. The molecular formula is C25H29ClN2O3. The molecule has 0 aliphatic carbocycles. The molecule has 0 saturated carbocycles. The molecule has 0 aromatic heterocycles. The van der Waals surface area contributed by atoms with E-state index in [0.29, 0.717) is 6.54 Å². The van der Waals surface area contributed by atoms with Gasteiger partial charge in [-0.2, -0.15) is 0 Å². The summed E-state index contributed by atoms with van der Waals surface area (Å²) in [5.41, 5.74) is 2.87. The van der Waals surface area contributed by atoms with Crippen molar-refractivity contribution in [2.24, 2.45) is 0 Å². The van der Waals surface area contributed by atoms with E-state index in [2.05, 4.69) is 35.2 Å². The van der Waals surface area contributed by atoms with E-state index in [4.69, 9.17) is 21.1 Å². The lowest BCUT2D eigenvalue weighted by atomic mass is 9.84. The van der Waals surface area contributed by atoms with Crippen LogP contribution in [0.2, 0.25) is 5.02 Å². The summed E-state index contributed by atoms with van der Waals surface area (Å²) in [6.07, 6.45) is 4.46. The van der Waals surface area contributed by atoms with Crippen LogP contribution < -0.4 is 4.74 Å². The maximum atomic E-state index is 12.6. The first-order valence-corrected chi connectivity index (χ1v) is 10.9. The zero-order valence-corrected chi connectivity index (χ0v) is 19.3. The second kappa shape index (κ2) is 8.21. The lowest BCUT2D eigenvalue weighted by molar-refractivity contribution is 0.0265. The van der Waals surface area contributed by atoms with Crippen molar-refractivity contribution in [3.63, 3.8) is 0 Å². The van der Waals surface area contributed by atoms with E-state index in [0.717, 1.165) is 30.3 Å². The van der Waals surface area contributed by atoms with E-state index in [1.165, 1.54) is 16.7 Å². The molecular weight excluding hydrogens is 412 g/mol. The summed E-state index contributed by atoms with van der Waals surface area (Å²) in [5.74, 6) is 0.848. The number of amides is 1. The van der Waals surface area contributed by atoms with Crippen molar-refractivity contribution in [3.8, 4) is 5.75 Å². The Morgan fingerprint density at radius 2 is 1.90 bits per heavy atom. The van der Waals surface area contributed by atoms with Gasteiger partial charge in [0, 0.05) is 30.9 Å². The first kappa shape index (κ1) is 21.7. The highest BCUT2D eigenvalue weighted by Gasteiger charge is 2.45. The predicted octanol–water partition coefficient (Wildman–Crippen LogP) is 5.71. The van der Waals surface area contributed by atoms with E-state index >= 15 is 0 Å². The lowest BCUT2D eigenvalue weighted by Gasteiger charge is -2.41. The topological polar surface area (TPSA) is 42.0 Å². The standard InChI is InChI=1S/C25H29ClN2O3/c1-24(2,3)31-23(29)27-13-11-25(12-14-27)22-15-20(26)8-7-19(22)17-28(25)16-18-5-9-21(30-4)10-6-18/h5-11,13,15H,12,14,16-17H2,1-4H3. The molecule has 6 heteroatoms. The van der Waals surface area contributed by atoms with Gasteiger partial charge in [-0.25, -0.2) is 4.79 Å². The van der Waals surface area contributed by atoms with Crippen LogP contribution in [0.1, 0.15) is 43.9 Å². The zero-order chi connectivity index (χ0) is 22.2. The predicted molar refractivity (Wildman–Crippen MR) is 122 cm³/mol. The van der Waals surface area contributed by atoms with Gasteiger partial charge in [0.15, 0.2) is 0 Å². The normalized spacial score (nSPS) is 20.7. The first-order valence-electron chi connectivity index (χ1n) is 10.6.